The average Bonchev–Trinajstić information content (AvgIpc) is 2.83. The summed E-state index contributed by atoms with van der Waals surface area (Å²) < 4.78 is 0. The second-order valence-corrected chi connectivity index (χ2v) is 7.96. The second kappa shape index (κ2) is 8.05. The fraction of sp³-hybridized carbons (Fsp3) is 0.632. The lowest BCUT2D eigenvalue weighted by atomic mass is 9.86. The Morgan fingerprint density at radius 2 is 1.82 bits per heavy atom. The molecule has 1 amide bonds. The molecule has 0 bridgehead atoms. The maximum absolute atomic E-state index is 12.6. The number of carbonyl (C=O) groups is 1. The highest BCUT2D eigenvalue weighted by Gasteiger charge is 2.24. The standard InChI is InChI=1S/C19H27NOS/c21-19(15-16-7-3-1-4-8-16)20-12-11-18(22-14-13-20)17-9-5-2-6-10-17/h2,5-6,9-10,16,18H,1,3-4,7-8,11-15H2. The molecule has 1 aliphatic carbocycles. The Hall–Kier alpha value is -0.960. The highest BCUT2D eigenvalue weighted by molar-refractivity contribution is 7.99. The summed E-state index contributed by atoms with van der Waals surface area (Å²) in [6.07, 6.45) is 8.42. The van der Waals surface area contributed by atoms with Crippen molar-refractivity contribution < 1.29 is 4.79 Å². The van der Waals surface area contributed by atoms with E-state index in [1.54, 1.807) is 0 Å². The van der Waals surface area contributed by atoms with Gasteiger partial charge in [-0.3, -0.25) is 4.79 Å². The number of hydrogen-bond donors (Lipinski definition) is 0. The number of nitrogens with zero attached hydrogens (tertiary/aromatic N) is 1. The fourth-order valence-corrected chi connectivity index (χ4v) is 4.95. The van der Waals surface area contributed by atoms with E-state index in [0.717, 1.165) is 31.7 Å². The van der Waals surface area contributed by atoms with Crippen LogP contribution in [0.25, 0.3) is 0 Å². The molecule has 120 valence electrons. The molecule has 0 aromatic heterocycles. The minimum atomic E-state index is 0.404. The molecule has 3 rings (SSSR count). The number of carbonyl (C=O) groups excluding carboxylic acids is 1. The first kappa shape index (κ1) is 15.9. The van der Waals surface area contributed by atoms with Gasteiger partial charge in [0.15, 0.2) is 0 Å². The molecule has 1 saturated heterocycles. The molecule has 0 N–H and O–H groups in total. The Morgan fingerprint density at radius 3 is 2.59 bits per heavy atom. The molecule has 0 radical (unpaired) electrons. The van der Waals surface area contributed by atoms with Gasteiger partial charge in [0.25, 0.3) is 0 Å². The summed E-state index contributed by atoms with van der Waals surface area (Å²) in [5.74, 6) is 2.12. The van der Waals surface area contributed by atoms with Crippen molar-refractivity contribution in [3.63, 3.8) is 0 Å². The number of hydrogen-bond acceptors (Lipinski definition) is 2. The third-order valence-corrected chi connectivity index (χ3v) is 6.38. The molecule has 1 unspecified atom stereocenters. The van der Waals surface area contributed by atoms with E-state index in [-0.39, 0.29) is 0 Å². The van der Waals surface area contributed by atoms with Crippen molar-refractivity contribution >= 4 is 17.7 Å². The van der Waals surface area contributed by atoms with Crippen LogP contribution in [0.4, 0.5) is 0 Å². The first-order valence-electron chi connectivity index (χ1n) is 8.77. The van der Waals surface area contributed by atoms with E-state index in [4.69, 9.17) is 0 Å². The maximum Gasteiger partial charge on any atom is 0.222 e. The van der Waals surface area contributed by atoms with E-state index in [1.165, 1.54) is 37.7 Å². The van der Waals surface area contributed by atoms with Crippen molar-refractivity contribution in [2.24, 2.45) is 5.92 Å². The largest absolute Gasteiger partial charge is 0.342 e. The molecular weight excluding hydrogens is 290 g/mol. The summed E-state index contributed by atoms with van der Waals surface area (Å²) in [6, 6.07) is 10.7. The van der Waals surface area contributed by atoms with Crippen LogP contribution in [0.5, 0.6) is 0 Å². The predicted octanol–water partition coefficient (Wildman–Crippen LogP) is 4.66. The summed E-state index contributed by atoms with van der Waals surface area (Å²) in [6.45, 7) is 1.86. The molecule has 1 atom stereocenters. The van der Waals surface area contributed by atoms with E-state index in [9.17, 15) is 4.79 Å². The maximum atomic E-state index is 12.6. The van der Waals surface area contributed by atoms with Gasteiger partial charge in [-0.25, -0.2) is 0 Å². The van der Waals surface area contributed by atoms with Crippen LogP contribution < -0.4 is 0 Å². The third-order valence-electron chi connectivity index (χ3n) is 5.05. The van der Waals surface area contributed by atoms with E-state index < -0.39 is 0 Å². The second-order valence-electron chi connectivity index (χ2n) is 6.65. The Balaban J connectivity index is 1.52. The van der Waals surface area contributed by atoms with Crippen molar-refractivity contribution in [1.82, 2.24) is 4.90 Å². The van der Waals surface area contributed by atoms with E-state index in [0.29, 0.717) is 17.1 Å². The van der Waals surface area contributed by atoms with Gasteiger partial charge in [0.1, 0.15) is 0 Å². The van der Waals surface area contributed by atoms with Gasteiger partial charge in [0, 0.05) is 30.5 Å². The highest BCUT2D eigenvalue weighted by atomic mass is 32.2. The Bertz CT molecular complexity index is 470. The number of amides is 1. The van der Waals surface area contributed by atoms with Crippen molar-refractivity contribution in [1.29, 1.82) is 0 Å². The number of rotatable bonds is 3. The number of benzene rings is 1. The van der Waals surface area contributed by atoms with Crippen LogP contribution in [0, 0.1) is 5.92 Å². The van der Waals surface area contributed by atoms with Crippen LogP contribution in [-0.4, -0.2) is 29.6 Å². The van der Waals surface area contributed by atoms with Crippen molar-refractivity contribution in [2.75, 3.05) is 18.8 Å². The van der Waals surface area contributed by atoms with Crippen molar-refractivity contribution in [3.8, 4) is 0 Å². The van der Waals surface area contributed by atoms with Crippen LogP contribution >= 0.6 is 11.8 Å². The van der Waals surface area contributed by atoms with Gasteiger partial charge in [-0.05, 0) is 30.7 Å². The van der Waals surface area contributed by atoms with Gasteiger partial charge in [-0.2, -0.15) is 11.8 Å². The first-order chi connectivity index (χ1) is 10.8. The molecule has 1 saturated carbocycles. The molecule has 0 spiro atoms. The average molecular weight is 317 g/mol. The third kappa shape index (κ3) is 4.28. The van der Waals surface area contributed by atoms with Gasteiger partial charge in [-0.15, -0.1) is 0 Å². The smallest absolute Gasteiger partial charge is 0.222 e. The summed E-state index contributed by atoms with van der Waals surface area (Å²) in [7, 11) is 0. The van der Waals surface area contributed by atoms with Gasteiger partial charge in [0.05, 0.1) is 0 Å². The molecule has 2 aliphatic rings. The molecule has 2 fully saturated rings. The minimum absolute atomic E-state index is 0.404. The van der Waals surface area contributed by atoms with Crippen LogP contribution in [0.1, 0.15) is 55.8 Å². The summed E-state index contributed by atoms with van der Waals surface area (Å²) in [5.41, 5.74) is 1.41. The SMILES string of the molecule is O=C(CC1CCCCC1)N1CCSC(c2ccccc2)CC1. The highest BCUT2D eigenvalue weighted by Crippen LogP contribution is 2.34. The van der Waals surface area contributed by atoms with E-state index in [2.05, 4.69) is 35.2 Å². The Morgan fingerprint density at radius 1 is 1.05 bits per heavy atom. The molecule has 22 heavy (non-hydrogen) atoms. The summed E-state index contributed by atoms with van der Waals surface area (Å²) >= 11 is 2.01. The Kier molecular flexibility index (Phi) is 5.82. The fourth-order valence-electron chi connectivity index (χ4n) is 3.72. The lowest BCUT2D eigenvalue weighted by Crippen LogP contribution is -2.34. The van der Waals surface area contributed by atoms with Crippen molar-refractivity contribution in [2.45, 2.75) is 50.2 Å². The molecular formula is C19H27NOS. The molecule has 2 nitrogen and oxygen atoms in total. The first-order valence-corrected chi connectivity index (χ1v) is 9.82. The lowest BCUT2D eigenvalue weighted by Gasteiger charge is -2.25. The predicted molar refractivity (Wildman–Crippen MR) is 94.0 cm³/mol. The van der Waals surface area contributed by atoms with Crippen molar-refractivity contribution in [3.05, 3.63) is 35.9 Å². The molecule has 1 aliphatic heterocycles. The molecule has 1 aromatic carbocycles. The monoisotopic (exact) mass is 317 g/mol. The Labute approximate surface area is 138 Å². The summed E-state index contributed by atoms with van der Waals surface area (Å²) in [5, 5.41) is 0.550. The van der Waals surface area contributed by atoms with Gasteiger partial charge >= 0.3 is 0 Å². The van der Waals surface area contributed by atoms with Crippen LogP contribution in [0.3, 0.4) is 0 Å². The van der Waals surface area contributed by atoms with Crippen LogP contribution in [0.15, 0.2) is 30.3 Å². The zero-order valence-corrected chi connectivity index (χ0v) is 14.2. The molecule has 1 aromatic rings. The topological polar surface area (TPSA) is 20.3 Å². The minimum Gasteiger partial charge on any atom is -0.342 e. The van der Waals surface area contributed by atoms with Gasteiger partial charge in [-0.1, -0.05) is 49.6 Å². The van der Waals surface area contributed by atoms with Gasteiger partial charge in [0.2, 0.25) is 5.91 Å². The quantitative estimate of drug-likeness (QED) is 0.808. The zero-order chi connectivity index (χ0) is 15.2. The molecule has 3 heteroatoms. The molecule has 1 heterocycles. The van der Waals surface area contributed by atoms with Crippen LogP contribution in [-0.2, 0) is 4.79 Å². The number of thioether (sulfide) groups is 1. The summed E-state index contributed by atoms with van der Waals surface area (Å²) in [4.78, 5) is 14.7. The normalized spacial score (nSPS) is 24.0. The zero-order valence-electron chi connectivity index (χ0n) is 13.4. The van der Waals surface area contributed by atoms with E-state index in [1.807, 2.05) is 11.8 Å². The van der Waals surface area contributed by atoms with Crippen LogP contribution in [0.2, 0.25) is 0 Å². The van der Waals surface area contributed by atoms with E-state index >= 15 is 0 Å². The lowest BCUT2D eigenvalue weighted by molar-refractivity contribution is -0.132. The van der Waals surface area contributed by atoms with Gasteiger partial charge < -0.3 is 4.90 Å².